The first-order chi connectivity index (χ1) is 12.0. The molecule has 0 spiro atoms. The number of hydrogen-bond acceptors (Lipinski definition) is 8. The Kier molecular flexibility index (Phi) is 5.08. The predicted molar refractivity (Wildman–Crippen MR) is 90.7 cm³/mol. The molecule has 1 aromatic carbocycles. The van der Waals surface area contributed by atoms with Crippen LogP contribution in [-0.2, 0) is 12.4 Å². The van der Waals surface area contributed by atoms with E-state index in [2.05, 4.69) is 10.2 Å². The summed E-state index contributed by atoms with van der Waals surface area (Å²) in [5, 5.41) is 17.4. The highest BCUT2D eigenvalue weighted by atomic mass is 32.2. The quantitative estimate of drug-likeness (QED) is 0.669. The maximum absolute atomic E-state index is 11.3. The number of benzene rings is 1. The summed E-state index contributed by atoms with van der Waals surface area (Å²) in [6.45, 7) is 4.14. The summed E-state index contributed by atoms with van der Waals surface area (Å²) < 4.78 is 16.3. The Morgan fingerprint density at radius 2 is 2.08 bits per heavy atom. The van der Waals surface area contributed by atoms with Crippen molar-refractivity contribution in [2.24, 2.45) is 0 Å². The van der Waals surface area contributed by atoms with E-state index in [0.717, 1.165) is 23.1 Å². The highest BCUT2D eigenvalue weighted by molar-refractivity contribution is 7.98. The molecule has 0 aliphatic carbocycles. The topological polar surface area (TPSA) is 98.6 Å². The average molecular weight is 360 g/mol. The van der Waals surface area contributed by atoms with Gasteiger partial charge in [0.25, 0.3) is 11.1 Å². The van der Waals surface area contributed by atoms with Gasteiger partial charge in [-0.05, 0) is 31.0 Å². The van der Waals surface area contributed by atoms with Gasteiger partial charge in [-0.15, -0.1) is 10.2 Å². The van der Waals surface area contributed by atoms with Gasteiger partial charge in [0.15, 0.2) is 12.4 Å². The molecule has 0 bridgehead atoms. The van der Waals surface area contributed by atoms with Crippen molar-refractivity contribution in [3.63, 3.8) is 0 Å². The van der Waals surface area contributed by atoms with Crippen LogP contribution in [0.15, 0.2) is 49.4 Å². The SMILES string of the molecule is Cc1ccc(C)c(OCc2nnc(SCc3cc(=O)c(O)co3)o2)c1. The fourth-order valence-electron chi connectivity index (χ4n) is 2.01. The van der Waals surface area contributed by atoms with Crippen molar-refractivity contribution >= 4 is 11.8 Å². The first kappa shape index (κ1) is 17.1. The molecule has 3 aromatic rings. The first-order valence-corrected chi connectivity index (χ1v) is 8.46. The number of aromatic nitrogens is 2. The van der Waals surface area contributed by atoms with Gasteiger partial charge in [0.05, 0.1) is 5.75 Å². The van der Waals surface area contributed by atoms with Crippen LogP contribution >= 0.6 is 11.8 Å². The van der Waals surface area contributed by atoms with Gasteiger partial charge < -0.3 is 18.7 Å². The fraction of sp³-hybridized carbons (Fsp3) is 0.235. The zero-order chi connectivity index (χ0) is 17.8. The smallest absolute Gasteiger partial charge is 0.277 e. The lowest BCUT2D eigenvalue weighted by atomic mass is 10.1. The van der Waals surface area contributed by atoms with Gasteiger partial charge in [-0.3, -0.25) is 4.79 Å². The van der Waals surface area contributed by atoms with E-state index in [1.54, 1.807) is 0 Å². The molecule has 0 unspecified atom stereocenters. The Hall–Kier alpha value is -2.74. The number of ether oxygens (including phenoxy) is 1. The van der Waals surface area contributed by atoms with Crippen LogP contribution in [-0.4, -0.2) is 15.3 Å². The number of hydrogen-bond donors (Lipinski definition) is 1. The van der Waals surface area contributed by atoms with Crippen molar-refractivity contribution in [2.75, 3.05) is 0 Å². The van der Waals surface area contributed by atoms with Gasteiger partial charge in [0.2, 0.25) is 5.43 Å². The zero-order valence-corrected chi connectivity index (χ0v) is 14.5. The summed E-state index contributed by atoms with van der Waals surface area (Å²) in [6, 6.07) is 7.19. The molecule has 0 saturated carbocycles. The average Bonchev–Trinajstić information content (AvgIpc) is 3.05. The van der Waals surface area contributed by atoms with Crippen molar-refractivity contribution in [1.29, 1.82) is 0 Å². The largest absolute Gasteiger partial charge is 0.502 e. The molecular formula is C17H16N2O5S. The fourth-order valence-corrected chi connectivity index (χ4v) is 2.68. The van der Waals surface area contributed by atoms with Crippen molar-refractivity contribution in [3.05, 3.63) is 63.5 Å². The lowest BCUT2D eigenvalue weighted by Crippen LogP contribution is -1.99. The molecule has 0 fully saturated rings. The van der Waals surface area contributed by atoms with E-state index in [1.165, 1.54) is 17.8 Å². The van der Waals surface area contributed by atoms with Crippen molar-refractivity contribution < 1.29 is 18.7 Å². The maximum Gasteiger partial charge on any atom is 0.277 e. The van der Waals surface area contributed by atoms with Crippen LogP contribution in [0.25, 0.3) is 0 Å². The zero-order valence-electron chi connectivity index (χ0n) is 13.7. The number of aryl methyl sites for hydroxylation is 2. The minimum Gasteiger partial charge on any atom is -0.502 e. The lowest BCUT2D eigenvalue weighted by Gasteiger charge is -2.07. The minimum absolute atomic E-state index is 0.173. The lowest BCUT2D eigenvalue weighted by molar-refractivity contribution is 0.250. The van der Waals surface area contributed by atoms with E-state index in [4.69, 9.17) is 18.7 Å². The van der Waals surface area contributed by atoms with E-state index in [0.29, 0.717) is 22.6 Å². The second-order valence-electron chi connectivity index (χ2n) is 5.40. The maximum atomic E-state index is 11.3. The summed E-state index contributed by atoms with van der Waals surface area (Å²) in [5.74, 6) is 1.44. The molecular weight excluding hydrogens is 344 g/mol. The summed E-state index contributed by atoms with van der Waals surface area (Å²) in [5.41, 5.74) is 1.65. The molecule has 2 aromatic heterocycles. The summed E-state index contributed by atoms with van der Waals surface area (Å²) >= 11 is 1.23. The molecule has 0 amide bonds. The second-order valence-corrected chi connectivity index (χ2v) is 6.33. The molecule has 130 valence electrons. The summed E-state index contributed by atoms with van der Waals surface area (Å²) in [6.07, 6.45) is 1.01. The van der Waals surface area contributed by atoms with Gasteiger partial charge in [-0.1, -0.05) is 23.9 Å². The van der Waals surface area contributed by atoms with Crippen molar-refractivity contribution in [2.45, 2.75) is 31.4 Å². The summed E-state index contributed by atoms with van der Waals surface area (Å²) in [7, 11) is 0. The van der Waals surface area contributed by atoms with Gasteiger partial charge in [-0.25, -0.2) is 0 Å². The van der Waals surface area contributed by atoms with Gasteiger partial charge in [0, 0.05) is 6.07 Å². The number of rotatable bonds is 6. The number of aromatic hydroxyl groups is 1. The Bertz CT molecular complexity index is 935. The van der Waals surface area contributed by atoms with Crippen LogP contribution in [0.1, 0.15) is 22.8 Å². The standard InChI is InChI=1S/C17H16N2O5S/c1-10-3-4-11(2)15(5-10)23-8-16-18-19-17(24-16)25-9-12-6-13(20)14(21)7-22-12/h3-7,21H,8-9H2,1-2H3. The molecule has 0 radical (unpaired) electrons. The normalized spacial score (nSPS) is 10.8. The Morgan fingerprint density at radius 3 is 2.88 bits per heavy atom. The van der Waals surface area contributed by atoms with E-state index < -0.39 is 11.2 Å². The molecule has 2 heterocycles. The molecule has 25 heavy (non-hydrogen) atoms. The van der Waals surface area contributed by atoms with Crippen LogP contribution in [0.5, 0.6) is 11.5 Å². The van der Waals surface area contributed by atoms with Crippen LogP contribution < -0.4 is 10.2 Å². The molecule has 8 heteroatoms. The van der Waals surface area contributed by atoms with Gasteiger partial charge >= 0.3 is 0 Å². The predicted octanol–water partition coefficient (Wildman–Crippen LogP) is 3.22. The third-order valence-corrected chi connectivity index (χ3v) is 4.19. The first-order valence-electron chi connectivity index (χ1n) is 7.47. The Labute approximate surface area is 147 Å². The summed E-state index contributed by atoms with van der Waals surface area (Å²) in [4.78, 5) is 11.3. The molecule has 7 nitrogen and oxygen atoms in total. The van der Waals surface area contributed by atoms with Gasteiger partial charge in [0.1, 0.15) is 17.8 Å². The molecule has 1 N–H and O–H groups in total. The molecule has 0 aliphatic rings. The van der Waals surface area contributed by atoms with E-state index in [-0.39, 0.29) is 6.61 Å². The van der Waals surface area contributed by atoms with Crippen LogP contribution in [0.3, 0.4) is 0 Å². The van der Waals surface area contributed by atoms with Crippen LogP contribution in [0.2, 0.25) is 0 Å². The monoisotopic (exact) mass is 360 g/mol. The third-order valence-electron chi connectivity index (χ3n) is 3.35. The van der Waals surface area contributed by atoms with Crippen LogP contribution in [0, 0.1) is 13.8 Å². The van der Waals surface area contributed by atoms with E-state index >= 15 is 0 Å². The Morgan fingerprint density at radius 1 is 1.24 bits per heavy atom. The minimum atomic E-state index is -0.491. The van der Waals surface area contributed by atoms with E-state index in [1.807, 2.05) is 32.0 Å². The third kappa shape index (κ3) is 4.42. The molecule has 0 saturated heterocycles. The Balaban J connectivity index is 1.57. The van der Waals surface area contributed by atoms with Crippen LogP contribution in [0.4, 0.5) is 0 Å². The van der Waals surface area contributed by atoms with Crippen molar-refractivity contribution in [1.82, 2.24) is 10.2 Å². The number of thioether (sulfide) groups is 1. The highest BCUT2D eigenvalue weighted by Crippen LogP contribution is 2.23. The molecule has 0 atom stereocenters. The van der Waals surface area contributed by atoms with Gasteiger partial charge in [-0.2, -0.15) is 0 Å². The molecule has 0 aliphatic heterocycles. The van der Waals surface area contributed by atoms with E-state index in [9.17, 15) is 4.79 Å². The second kappa shape index (κ2) is 7.43. The highest BCUT2D eigenvalue weighted by Gasteiger charge is 2.10. The van der Waals surface area contributed by atoms with Crippen molar-refractivity contribution in [3.8, 4) is 11.5 Å². The number of nitrogens with zero attached hydrogens (tertiary/aromatic N) is 2. The molecule has 3 rings (SSSR count).